The molecule has 29 heavy (non-hydrogen) atoms. The smallest absolute Gasteiger partial charge is 0.199 e. The van der Waals surface area contributed by atoms with E-state index in [1.54, 1.807) is 0 Å². The Bertz CT molecular complexity index is 747. The van der Waals surface area contributed by atoms with Crippen LogP contribution < -0.4 is 16.0 Å². The SMILES string of the molecule is CCC(CCO)NC(CC)CCNC1[NH2+]c2c(C)cc(C)cc2C=C1C(=N)N=O. The highest BCUT2D eigenvalue weighted by atomic mass is 16.3. The van der Waals surface area contributed by atoms with Crippen LogP contribution in [-0.4, -0.2) is 42.3 Å². The summed E-state index contributed by atoms with van der Waals surface area (Å²) >= 11 is 0. The number of nitroso groups, excluding NO2 is 1. The molecule has 1 heterocycles. The second kappa shape index (κ2) is 11.3. The minimum absolute atomic E-state index is 0.199. The minimum atomic E-state index is -0.220. The number of benzene rings is 1. The monoisotopic (exact) mass is 402 g/mol. The van der Waals surface area contributed by atoms with Crippen molar-refractivity contribution in [2.24, 2.45) is 5.18 Å². The van der Waals surface area contributed by atoms with Gasteiger partial charge in [-0.3, -0.25) is 16.0 Å². The predicted molar refractivity (Wildman–Crippen MR) is 118 cm³/mol. The van der Waals surface area contributed by atoms with Gasteiger partial charge in [-0.2, -0.15) is 0 Å². The third-order valence-electron chi connectivity index (χ3n) is 5.70. The van der Waals surface area contributed by atoms with Crippen molar-refractivity contribution in [3.8, 4) is 0 Å². The number of nitrogens with two attached hydrogens (primary N) is 1. The van der Waals surface area contributed by atoms with Crippen LogP contribution in [0.15, 0.2) is 22.9 Å². The Hall–Kier alpha value is -1.93. The summed E-state index contributed by atoms with van der Waals surface area (Å²) in [7, 11) is 0. The molecular formula is C22H36N5O2+. The Morgan fingerprint density at radius 1 is 1.24 bits per heavy atom. The van der Waals surface area contributed by atoms with E-state index < -0.39 is 0 Å². The summed E-state index contributed by atoms with van der Waals surface area (Å²) < 4.78 is 0. The molecule has 0 amide bonds. The number of hydrogen-bond acceptors (Lipinski definition) is 5. The molecule has 0 bridgehead atoms. The van der Waals surface area contributed by atoms with E-state index in [9.17, 15) is 10.0 Å². The largest absolute Gasteiger partial charge is 0.396 e. The Balaban J connectivity index is 2.07. The third-order valence-corrected chi connectivity index (χ3v) is 5.70. The molecule has 7 heteroatoms. The first-order valence-electron chi connectivity index (χ1n) is 10.6. The molecule has 2 rings (SSSR count). The van der Waals surface area contributed by atoms with Crippen molar-refractivity contribution in [2.75, 3.05) is 13.2 Å². The lowest BCUT2D eigenvalue weighted by Crippen LogP contribution is -2.90. The molecule has 7 nitrogen and oxygen atoms in total. The minimum Gasteiger partial charge on any atom is -0.396 e. The van der Waals surface area contributed by atoms with E-state index >= 15 is 0 Å². The average Bonchev–Trinajstić information content (AvgIpc) is 2.71. The number of amidine groups is 1. The molecule has 3 atom stereocenters. The van der Waals surface area contributed by atoms with Gasteiger partial charge in [0.25, 0.3) is 0 Å². The van der Waals surface area contributed by atoms with Crippen molar-refractivity contribution in [2.45, 2.75) is 71.6 Å². The second-order valence-corrected chi connectivity index (χ2v) is 7.90. The number of aliphatic hydroxyl groups is 1. The molecule has 1 aromatic carbocycles. The molecule has 0 aromatic heterocycles. The van der Waals surface area contributed by atoms with Crippen LogP contribution in [0.4, 0.5) is 5.69 Å². The van der Waals surface area contributed by atoms with Crippen LogP contribution in [0.25, 0.3) is 6.08 Å². The van der Waals surface area contributed by atoms with E-state index in [0.717, 1.165) is 49.0 Å². The molecular weight excluding hydrogens is 366 g/mol. The molecule has 0 aliphatic carbocycles. The van der Waals surface area contributed by atoms with Gasteiger partial charge in [-0.1, -0.05) is 19.9 Å². The van der Waals surface area contributed by atoms with Crippen molar-refractivity contribution in [1.82, 2.24) is 10.6 Å². The van der Waals surface area contributed by atoms with Crippen molar-refractivity contribution in [3.63, 3.8) is 0 Å². The highest BCUT2D eigenvalue weighted by Gasteiger charge is 2.29. The fourth-order valence-corrected chi connectivity index (χ4v) is 4.02. The van der Waals surface area contributed by atoms with Gasteiger partial charge in [0.1, 0.15) is 5.69 Å². The molecule has 0 radical (unpaired) electrons. The van der Waals surface area contributed by atoms with Crippen LogP contribution in [0.1, 0.15) is 56.2 Å². The normalized spacial score (nSPS) is 18.0. The highest BCUT2D eigenvalue weighted by molar-refractivity contribution is 6.02. The zero-order valence-electron chi connectivity index (χ0n) is 18.1. The lowest BCUT2D eigenvalue weighted by Gasteiger charge is -2.27. The van der Waals surface area contributed by atoms with Gasteiger partial charge in [-0.25, -0.2) is 0 Å². The maximum atomic E-state index is 11.1. The molecule has 1 aliphatic heterocycles. The summed E-state index contributed by atoms with van der Waals surface area (Å²) in [4.78, 5) is 11.1. The van der Waals surface area contributed by atoms with Crippen molar-refractivity contribution in [1.29, 1.82) is 5.41 Å². The first-order chi connectivity index (χ1) is 13.9. The van der Waals surface area contributed by atoms with Crippen LogP contribution in [0, 0.1) is 24.2 Å². The van der Waals surface area contributed by atoms with E-state index in [0.29, 0.717) is 17.7 Å². The summed E-state index contributed by atoms with van der Waals surface area (Å²) in [5, 5.41) is 29.3. The summed E-state index contributed by atoms with van der Waals surface area (Å²) in [5.74, 6) is -0.220. The quantitative estimate of drug-likeness (QED) is 0.169. The lowest BCUT2D eigenvalue weighted by atomic mass is 9.96. The number of nitrogens with one attached hydrogen (secondary N) is 3. The molecule has 6 N–H and O–H groups in total. The van der Waals surface area contributed by atoms with Gasteiger partial charge in [0.15, 0.2) is 12.0 Å². The van der Waals surface area contributed by atoms with Gasteiger partial charge in [0, 0.05) is 36.4 Å². The van der Waals surface area contributed by atoms with Crippen LogP contribution >= 0.6 is 0 Å². The third kappa shape index (κ3) is 6.27. The first-order valence-corrected chi connectivity index (χ1v) is 10.6. The number of fused-ring (bicyclic) bond motifs is 1. The summed E-state index contributed by atoms with van der Waals surface area (Å²) in [6, 6.07) is 4.91. The van der Waals surface area contributed by atoms with E-state index in [1.807, 2.05) is 13.0 Å². The second-order valence-electron chi connectivity index (χ2n) is 7.90. The van der Waals surface area contributed by atoms with Crippen LogP contribution in [0.3, 0.4) is 0 Å². The molecule has 1 aliphatic rings. The standard InChI is InChI=1S/C22H35N5O2/c1-5-17(25-18(6-2)8-10-28)7-9-24-22-19(21(23)27-29)13-16-12-14(3)11-15(4)20(16)26-22/h11-13,17-18,22-26,28H,5-10H2,1-4H3/p+1. The van der Waals surface area contributed by atoms with E-state index in [4.69, 9.17) is 5.41 Å². The topological polar surface area (TPSA) is 114 Å². The Morgan fingerprint density at radius 2 is 1.93 bits per heavy atom. The summed E-state index contributed by atoms with van der Waals surface area (Å²) in [6.45, 7) is 9.38. The zero-order chi connectivity index (χ0) is 21.4. The average molecular weight is 403 g/mol. The molecule has 0 spiro atoms. The van der Waals surface area contributed by atoms with Crippen LogP contribution in [-0.2, 0) is 0 Å². The van der Waals surface area contributed by atoms with Crippen molar-refractivity contribution < 1.29 is 10.4 Å². The number of quaternary nitrogens is 1. The van der Waals surface area contributed by atoms with Gasteiger partial charge < -0.3 is 10.4 Å². The van der Waals surface area contributed by atoms with Gasteiger partial charge in [0.05, 0.1) is 5.57 Å². The van der Waals surface area contributed by atoms with Gasteiger partial charge >= 0.3 is 0 Å². The lowest BCUT2D eigenvalue weighted by molar-refractivity contribution is -0.608. The highest BCUT2D eigenvalue weighted by Crippen LogP contribution is 2.25. The maximum Gasteiger partial charge on any atom is 0.199 e. The van der Waals surface area contributed by atoms with Gasteiger partial charge in [-0.05, 0) is 62.4 Å². The van der Waals surface area contributed by atoms with Crippen LogP contribution in [0.2, 0.25) is 0 Å². The fourth-order valence-electron chi connectivity index (χ4n) is 4.02. The van der Waals surface area contributed by atoms with Crippen molar-refractivity contribution >= 4 is 17.6 Å². The molecule has 1 aromatic rings. The molecule has 3 unspecified atom stereocenters. The van der Waals surface area contributed by atoms with Crippen LogP contribution in [0.5, 0.6) is 0 Å². The maximum absolute atomic E-state index is 11.1. The first kappa shape index (κ1) is 23.3. The number of nitrogens with zero attached hydrogens (tertiary/aromatic N) is 1. The summed E-state index contributed by atoms with van der Waals surface area (Å²) in [5.41, 5.74) is 5.15. The Labute approximate surface area is 173 Å². The van der Waals surface area contributed by atoms with Crippen molar-refractivity contribution in [3.05, 3.63) is 39.3 Å². The zero-order valence-corrected chi connectivity index (χ0v) is 18.1. The van der Waals surface area contributed by atoms with E-state index in [2.05, 4.69) is 54.0 Å². The predicted octanol–water partition coefficient (Wildman–Crippen LogP) is 2.47. The Kier molecular flexibility index (Phi) is 9.10. The number of aliphatic hydroxyl groups excluding tert-OH is 1. The van der Waals surface area contributed by atoms with E-state index in [1.165, 1.54) is 5.56 Å². The van der Waals surface area contributed by atoms with E-state index in [-0.39, 0.29) is 18.6 Å². The molecule has 0 saturated carbocycles. The molecule has 160 valence electrons. The number of rotatable bonds is 11. The molecule has 0 saturated heterocycles. The van der Waals surface area contributed by atoms with Gasteiger partial charge in [-0.15, -0.1) is 4.91 Å². The fraction of sp³-hybridized carbons (Fsp3) is 0.591. The number of hydrogen-bond donors (Lipinski definition) is 5. The van der Waals surface area contributed by atoms with Gasteiger partial charge in [0.2, 0.25) is 0 Å². The molecule has 0 fully saturated rings. The number of aryl methyl sites for hydroxylation is 2. The Morgan fingerprint density at radius 3 is 2.55 bits per heavy atom. The summed E-state index contributed by atoms with van der Waals surface area (Å²) in [6.07, 6.45) is 5.41.